The SMILES string of the molecule is CCC1C(N)CCN1CC.Cl.Cl. The van der Waals surface area contributed by atoms with Gasteiger partial charge in [-0.2, -0.15) is 0 Å². The molecule has 76 valence electrons. The first-order valence-electron chi connectivity index (χ1n) is 4.29. The minimum absolute atomic E-state index is 0. The van der Waals surface area contributed by atoms with Gasteiger partial charge in [-0.15, -0.1) is 24.8 Å². The molecule has 1 rings (SSSR count). The summed E-state index contributed by atoms with van der Waals surface area (Å²) in [4.78, 5) is 2.48. The maximum atomic E-state index is 5.91. The summed E-state index contributed by atoms with van der Waals surface area (Å²) >= 11 is 0. The number of hydrogen-bond acceptors (Lipinski definition) is 2. The van der Waals surface area contributed by atoms with Crippen LogP contribution in [0.1, 0.15) is 26.7 Å². The quantitative estimate of drug-likeness (QED) is 0.759. The second-order valence-corrected chi connectivity index (χ2v) is 3.06. The van der Waals surface area contributed by atoms with Crippen molar-refractivity contribution in [2.45, 2.75) is 38.8 Å². The topological polar surface area (TPSA) is 29.3 Å². The summed E-state index contributed by atoms with van der Waals surface area (Å²) in [6.07, 6.45) is 2.39. The molecule has 2 unspecified atom stereocenters. The average molecular weight is 215 g/mol. The molecule has 4 heteroatoms. The van der Waals surface area contributed by atoms with Gasteiger partial charge >= 0.3 is 0 Å². The minimum atomic E-state index is 0. The highest BCUT2D eigenvalue weighted by Gasteiger charge is 2.28. The Hall–Kier alpha value is 0.500. The fraction of sp³-hybridized carbons (Fsp3) is 1.00. The van der Waals surface area contributed by atoms with E-state index in [9.17, 15) is 0 Å². The van der Waals surface area contributed by atoms with E-state index in [-0.39, 0.29) is 24.8 Å². The lowest BCUT2D eigenvalue weighted by atomic mass is 10.1. The molecular weight excluding hydrogens is 195 g/mol. The molecule has 1 aliphatic rings. The third kappa shape index (κ3) is 3.09. The van der Waals surface area contributed by atoms with Gasteiger partial charge in [-0.1, -0.05) is 13.8 Å². The summed E-state index contributed by atoms with van der Waals surface area (Å²) in [5.41, 5.74) is 5.91. The molecule has 2 N–H and O–H groups in total. The van der Waals surface area contributed by atoms with E-state index >= 15 is 0 Å². The van der Waals surface area contributed by atoms with E-state index in [0.717, 1.165) is 6.54 Å². The largest absolute Gasteiger partial charge is 0.326 e. The molecule has 0 amide bonds. The van der Waals surface area contributed by atoms with E-state index in [0.29, 0.717) is 12.1 Å². The highest BCUT2D eigenvalue weighted by molar-refractivity contribution is 5.85. The summed E-state index contributed by atoms with van der Waals surface area (Å²) in [5.74, 6) is 0. The Morgan fingerprint density at radius 3 is 2.25 bits per heavy atom. The summed E-state index contributed by atoms with van der Waals surface area (Å²) in [6, 6.07) is 1.09. The van der Waals surface area contributed by atoms with Gasteiger partial charge in [0.1, 0.15) is 0 Å². The molecule has 2 atom stereocenters. The van der Waals surface area contributed by atoms with E-state index < -0.39 is 0 Å². The predicted octanol–water partition coefficient (Wildman–Crippen LogP) is 1.66. The van der Waals surface area contributed by atoms with Crippen LogP contribution in [0.2, 0.25) is 0 Å². The Bertz CT molecular complexity index is 111. The standard InChI is InChI=1S/C8H18N2.2ClH/c1-3-8-7(9)5-6-10(8)4-2;;/h7-8H,3-6,9H2,1-2H3;2*1H. The molecule has 0 bridgehead atoms. The first-order chi connectivity index (χ1) is 4.79. The first kappa shape index (κ1) is 15.0. The summed E-state index contributed by atoms with van der Waals surface area (Å²) in [7, 11) is 0. The van der Waals surface area contributed by atoms with Crippen molar-refractivity contribution in [1.29, 1.82) is 0 Å². The van der Waals surface area contributed by atoms with E-state index in [1.54, 1.807) is 0 Å². The van der Waals surface area contributed by atoms with Crippen molar-refractivity contribution in [2.75, 3.05) is 13.1 Å². The zero-order chi connectivity index (χ0) is 7.56. The molecule has 12 heavy (non-hydrogen) atoms. The van der Waals surface area contributed by atoms with Gasteiger partial charge in [0.2, 0.25) is 0 Å². The molecule has 0 aromatic rings. The molecule has 1 saturated heterocycles. The van der Waals surface area contributed by atoms with Gasteiger partial charge in [-0.3, -0.25) is 4.90 Å². The third-order valence-corrected chi connectivity index (χ3v) is 2.54. The maximum Gasteiger partial charge on any atom is 0.0244 e. The monoisotopic (exact) mass is 214 g/mol. The maximum absolute atomic E-state index is 5.91. The minimum Gasteiger partial charge on any atom is -0.326 e. The summed E-state index contributed by atoms with van der Waals surface area (Å²) < 4.78 is 0. The van der Waals surface area contributed by atoms with Crippen LogP contribution in [0.25, 0.3) is 0 Å². The fourth-order valence-corrected chi connectivity index (χ4v) is 1.90. The van der Waals surface area contributed by atoms with E-state index in [4.69, 9.17) is 5.73 Å². The Morgan fingerprint density at radius 2 is 1.92 bits per heavy atom. The van der Waals surface area contributed by atoms with Crippen LogP contribution in [0.5, 0.6) is 0 Å². The molecule has 0 saturated carbocycles. The van der Waals surface area contributed by atoms with E-state index in [1.807, 2.05) is 0 Å². The zero-order valence-corrected chi connectivity index (χ0v) is 9.46. The van der Waals surface area contributed by atoms with Gasteiger partial charge in [0.05, 0.1) is 0 Å². The van der Waals surface area contributed by atoms with E-state index in [1.165, 1.54) is 19.4 Å². The average Bonchev–Trinajstić information content (AvgIpc) is 2.30. The van der Waals surface area contributed by atoms with Crippen molar-refractivity contribution in [3.63, 3.8) is 0 Å². The van der Waals surface area contributed by atoms with Gasteiger partial charge in [-0.05, 0) is 19.4 Å². The molecule has 0 aliphatic carbocycles. The van der Waals surface area contributed by atoms with Crippen LogP contribution in [0.3, 0.4) is 0 Å². The van der Waals surface area contributed by atoms with Crippen molar-refractivity contribution in [1.82, 2.24) is 4.90 Å². The van der Waals surface area contributed by atoms with Crippen LogP contribution < -0.4 is 5.73 Å². The molecule has 0 spiro atoms. The number of nitrogens with two attached hydrogens (primary N) is 1. The van der Waals surface area contributed by atoms with Crippen molar-refractivity contribution in [3.05, 3.63) is 0 Å². The second-order valence-electron chi connectivity index (χ2n) is 3.06. The van der Waals surface area contributed by atoms with Crippen LogP contribution in [0.4, 0.5) is 0 Å². The Balaban J connectivity index is 0. The second kappa shape index (κ2) is 6.96. The van der Waals surface area contributed by atoms with Crippen molar-refractivity contribution < 1.29 is 0 Å². The summed E-state index contributed by atoms with van der Waals surface area (Å²) in [6.45, 7) is 6.79. The lowest BCUT2D eigenvalue weighted by Crippen LogP contribution is -2.38. The molecule has 0 aromatic carbocycles. The third-order valence-electron chi connectivity index (χ3n) is 2.54. The highest BCUT2D eigenvalue weighted by Crippen LogP contribution is 2.17. The highest BCUT2D eigenvalue weighted by atomic mass is 35.5. The van der Waals surface area contributed by atoms with Crippen LogP contribution in [0.15, 0.2) is 0 Å². The van der Waals surface area contributed by atoms with Crippen LogP contribution in [-0.2, 0) is 0 Å². The van der Waals surface area contributed by atoms with Crippen molar-refractivity contribution in [3.8, 4) is 0 Å². The number of likely N-dealkylation sites (N-methyl/N-ethyl adjacent to an activating group) is 1. The lowest BCUT2D eigenvalue weighted by Gasteiger charge is -2.23. The number of nitrogens with zero attached hydrogens (tertiary/aromatic N) is 1. The Labute approximate surface area is 87.7 Å². The number of rotatable bonds is 2. The van der Waals surface area contributed by atoms with Crippen LogP contribution >= 0.6 is 24.8 Å². The lowest BCUT2D eigenvalue weighted by molar-refractivity contribution is 0.251. The number of likely N-dealkylation sites (tertiary alicyclic amines) is 1. The van der Waals surface area contributed by atoms with Gasteiger partial charge in [0.25, 0.3) is 0 Å². The number of halogens is 2. The molecular formula is C8H20Cl2N2. The number of hydrogen-bond donors (Lipinski definition) is 1. The smallest absolute Gasteiger partial charge is 0.0244 e. The van der Waals surface area contributed by atoms with Crippen LogP contribution in [0, 0.1) is 0 Å². The zero-order valence-electron chi connectivity index (χ0n) is 7.82. The van der Waals surface area contributed by atoms with Gasteiger partial charge in [0.15, 0.2) is 0 Å². The summed E-state index contributed by atoms with van der Waals surface area (Å²) in [5, 5.41) is 0. The van der Waals surface area contributed by atoms with Gasteiger partial charge in [0, 0.05) is 18.6 Å². The molecule has 1 aliphatic heterocycles. The van der Waals surface area contributed by atoms with Gasteiger partial charge < -0.3 is 5.73 Å². The molecule has 2 nitrogen and oxygen atoms in total. The van der Waals surface area contributed by atoms with Gasteiger partial charge in [-0.25, -0.2) is 0 Å². The van der Waals surface area contributed by atoms with Crippen molar-refractivity contribution >= 4 is 24.8 Å². The first-order valence-corrected chi connectivity index (χ1v) is 4.29. The predicted molar refractivity (Wildman–Crippen MR) is 58.4 cm³/mol. The molecule has 1 fully saturated rings. The normalized spacial score (nSPS) is 29.2. The molecule has 0 radical (unpaired) electrons. The molecule has 0 aromatic heterocycles. The van der Waals surface area contributed by atoms with Crippen LogP contribution in [-0.4, -0.2) is 30.1 Å². The Morgan fingerprint density at radius 1 is 1.33 bits per heavy atom. The molecule has 1 heterocycles. The Kier molecular flexibility index (Phi) is 8.69. The van der Waals surface area contributed by atoms with E-state index in [2.05, 4.69) is 18.7 Å². The fourth-order valence-electron chi connectivity index (χ4n) is 1.90. The van der Waals surface area contributed by atoms with Crippen molar-refractivity contribution in [2.24, 2.45) is 5.73 Å².